The third-order valence-corrected chi connectivity index (χ3v) is 10.2. The number of ketones is 1. The lowest BCUT2D eigenvalue weighted by Crippen LogP contribution is -2.48. The molecular formula is C38H45ClF3N7O6. The van der Waals surface area contributed by atoms with Crippen molar-refractivity contribution in [2.45, 2.75) is 89.5 Å². The Bertz CT molecular complexity index is 1840. The number of halogens is 4. The van der Waals surface area contributed by atoms with E-state index in [-0.39, 0.29) is 42.3 Å². The van der Waals surface area contributed by atoms with Crippen molar-refractivity contribution in [2.24, 2.45) is 17.8 Å². The lowest BCUT2D eigenvalue weighted by Gasteiger charge is -2.37. The van der Waals surface area contributed by atoms with Crippen LogP contribution in [0, 0.1) is 17.8 Å². The van der Waals surface area contributed by atoms with Crippen LogP contribution in [-0.2, 0) is 24.7 Å². The van der Waals surface area contributed by atoms with Gasteiger partial charge in [0.2, 0.25) is 17.7 Å². The van der Waals surface area contributed by atoms with Crippen LogP contribution in [-0.4, -0.2) is 70.5 Å². The smallest absolute Gasteiger partial charge is 0.422 e. The number of amides is 2. The van der Waals surface area contributed by atoms with Crippen molar-refractivity contribution in [2.75, 3.05) is 24.4 Å². The molecule has 0 aliphatic heterocycles. The van der Waals surface area contributed by atoms with Crippen molar-refractivity contribution < 1.29 is 41.8 Å². The Morgan fingerprint density at radius 2 is 1.64 bits per heavy atom. The SMILES string of the molecule is COC(=O)[C@H](CCC(=O)C(=O)N[C@H]1C[C@H](C)CC[C@H]1C(C)C)NC(=O)c1ccc(Nc2nc(NC3(c4ccc(Cl)cc4)CC3)nc(OCC(F)(F)F)n2)cc1. The fourth-order valence-corrected chi connectivity index (χ4v) is 6.87. The van der Waals surface area contributed by atoms with E-state index in [0.717, 1.165) is 31.9 Å². The Hall–Kier alpha value is -4.99. The Labute approximate surface area is 321 Å². The monoisotopic (exact) mass is 787 g/mol. The zero-order chi connectivity index (χ0) is 39.9. The quantitative estimate of drug-likeness (QED) is 0.0921. The number of aromatic nitrogens is 3. The highest BCUT2D eigenvalue weighted by atomic mass is 35.5. The molecule has 0 unspecified atom stereocenters. The molecule has 4 N–H and O–H groups in total. The molecule has 2 saturated carbocycles. The summed E-state index contributed by atoms with van der Waals surface area (Å²) in [4.78, 5) is 63.8. The van der Waals surface area contributed by atoms with E-state index in [9.17, 15) is 32.3 Å². The number of rotatable bonds is 16. The van der Waals surface area contributed by atoms with Gasteiger partial charge < -0.3 is 30.7 Å². The van der Waals surface area contributed by atoms with Crippen LogP contribution in [0.4, 0.5) is 30.8 Å². The molecule has 1 aromatic heterocycles. The first-order chi connectivity index (χ1) is 26.0. The zero-order valence-electron chi connectivity index (χ0n) is 31.0. The summed E-state index contributed by atoms with van der Waals surface area (Å²) in [6.45, 7) is 4.71. The van der Waals surface area contributed by atoms with Crippen LogP contribution in [0.15, 0.2) is 48.5 Å². The topological polar surface area (TPSA) is 174 Å². The van der Waals surface area contributed by atoms with Crippen molar-refractivity contribution in [1.82, 2.24) is 25.6 Å². The Morgan fingerprint density at radius 3 is 2.25 bits per heavy atom. The maximum atomic E-state index is 13.2. The summed E-state index contributed by atoms with van der Waals surface area (Å²) in [5.41, 5.74) is 0.851. The minimum absolute atomic E-state index is 0.0220. The molecule has 55 heavy (non-hydrogen) atoms. The number of nitrogens with one attached hydrogen (secondary N) is 4. The molecule has 296 valence electrons. The number of hydrogen-bond acceptors (Lipinski definition) is 11. The predicted octanol–water partition coefficient (Wildman–Crippen LogP) is 6.51. The molecule has 5 rings (SSSR count). The van der Waals surface area contributed by atoms with Crippen LogP contribution in [0.5, 0.6) is 6.01 Å². The second kappa shape index (κ2) is 17.6. The number of carbonyl (C=O) groups excluding carboxylic acids is 4. The van der Waals surface area contributed by atoms with E-state index < -0.39 is 53.9 Å². The van der Waals surface area contributed by atoms with Crippen molar-refractivity contribution in [3.8, 4) is 6.01 Å². The van der Waals surface area contributed by atoms with E-state index in [1.165, 1.54) is 24.3 Å². The highest BCUT2D eigenvalue weighted by Gasteiger charge is 2.45. The summed E-state index contributed by atoms with van der Waals surface area (Å²) in [6.07, 6.45) is -0.832. The molecule has 0 radical (unpaired) electrons. The van der Waals surface area contributed by atoms with Crippen LogP contribution in [0.1, 0.15) is 81.6 Å². The molecule has 2 amide bonds. The van der Waals surface area contributed by atoms with Crippen molar-refractivity contribution in [1.29, 1.82) is 0 Å². The van der Waals surface area contributed by atoms with E-state index in [1.807, 2.05) is 12.1 Å². The Balaban J connectivity index is 1.22. The molecule has 2 fully saturated rings. The Morgan fingerprint density at radius 1 is 0.964 bits per heavy atom. The molecule has 3 aromatic rings. The van der Waals surface area contributed by atoms with Gasteiger partial charge in [0.15, 0.2) is 6.61 Å². The van der Waals surface area contributed by atoms with Gasteiger partial charge in [-0.3, -0.25) is 14.4 Å². The molecule has 4 atom stereocenters. The number of ether oxygens (including phenoxy) is 2. The number of esters is 1. The highest BCUT2D eigenvalue weighted by molar-refractivity contribution is 6.36. The van der Waals surface area contributed by atoms with E-state index in [1.54, 1.807) is 12.1 Å². The second-order valence-corrected chi connectivity index (χ2v) is 14.9. The Kier molecular flexibility index (Phi) is 13.2. The molecule has 2 aromatic carbocycles. The molecular weight excluding hydrogens is 743 g/mol. The van der Waals surface area contributed by atoms with Gasteiger partial charge in [-0.05, 0) is 91.8 Å². The number of benzene rings is 2. The first-order valence-electron chi connectivity index (χ1n) is 18.1. The van der Waals surface area contributed by atoms with Crippen LogP contribution in [0.2, 0.25) is 5.02 Å². The van der Waals surface area contributed by atoms with Crippen LogP contribution in [0.25, 0.3) is 0 Å². The molecule has 2 aliphatic carbocycles. The third kappa shape index (κ3) is 11.5. The van der Waals surface area contributed by atoms with Gasteiger partial charge in [0.1, 0.15) is 6.04 Å². The summed E-state index contributed by atoms with van der Waals surface area (Å²) < 4.78 is 48.6. The normalized spacial score (nSPS) is 19.5. The molecule has 1 heterocycles. The summed E-state index contributed by atoms with van der Waals surface area (Å²) in [6, 6.07) is 11.1. The number of methoxy groups -OCH3 is 1. The van der Waals surface area contributed by atoms with E-state index in [0.29, 0.717) is 35.4 Å². The number of Topliss-reactive ketones (excluding diaryl/α,β-unsaturated/α-hetero) is 1. The lowest BCUT2D eigenvalue weighted by atomic mass is 9.74. The molecule has 17 heteroatoms. The number of nitrogens with zero attached hydrogens (tertiary/aromatic N) is 3. The molecule has 2 aliphatic rings. The number of alkyl halides is 3. The van der Waals surface area contributed by atoms with Gasteiger partial charge in [-0.1, -0.05) is 50.9 Å². The predicted molar refractivity (Wildman–Crippen MR) is 198 cm³/mol. The van der Waals surface area contributed by atoms with E-state index in [4.69, 9.17) is 21.1 Å². The fraction of sp³-hybridized carbons (Fsp3) is 0.500. The average molecular weight is 788 g/mol. The molecule has 0 saturated heterocycles. The van der Waals surface area contributed by atoms with Crippen LogP contribution in [0.3, 0.4) is 0 Å². The summed E-state index contributed by atoms with van der Waals surface area (Å²) in [5.74, 6) is -1.96. The highest BCUT2D eigenvalue weighted by Crippen LogP contribution is 2.48. The molecule has 0 bridgehead atoms. The van der Waals surface area contributed by atoms with E-state index >= 15 is 0 Å². The fourth-order valence-electron chi connectivity index (χ4n) is 6.75. The summed E-state index contributed by atoms with van der Waals surface area (Å²) in [5, 5.41) is 12.1. The van der Waals surface area contributed by atoms with Gasteiger partial charge in [-0.2, -0.15) is 28.1 Å². The summed E-state index contributed by atoms with van der Waals surface area (Å²) >= 11 is 6.04. The van der Waals surface area contributed by atoms with Crippen LogP contribution < -0.4 is 26.0 Å². The van der Waals surface area contributed by atoms with Gasteiger partial charge >= 0.3 is 18.2 Å². The first-order valence-corrected chi connectivity index (χ1v) is 18.5. The van der Waals surface area contributed by atoms with E-state index in [2.05, 4.69) is 57.0 Å². The van der Waals surface area contributed by atoms with Gasteiger partial charge in [-0.25, -0.2) is 4.79 Å². The lowest BCUT2D eigenvalue weighted by molar-refractivity contribution is -0.154. The zero-order valence-corrected chi connectivity index (χ0v) is 31.7. The van der Waals surface area contributed by atoms with Gasteiger partial charge in [0.25, 0.3) is 11.8 Å². The number of hydrogen-bond donors (Lipinski definition) is 4. The van der Waals surface area contributed by atoms with Gasteiger partial charge in [0.05, 0.1) is 12.6 Å². The largest absolute Gasteiger partial charge is 0.467 e. The van der Waals surface area contributed by atoms with Crippen molar-refractivity contribution >= 4 is 52.8 Å². The first kappa shape index (κ1) is 41.2. The number of carbonyl (C=O) groups is 4. The summed E-state index contributed by atoms with van der Waals surface area (Å²) in [7, 11) is 1.15. The maximum absolute atomic E-state index is 13.2. The van der Waals surface area contributed by atoms with Crippen molar-refractivity contribution in [3.05, 3.63) is 64.7 Å². The van der Waals surface area contributed by atoms with Crippen molar-refractivity contribution in [3.63, 3.8) is 0 Å². The van der Waals surface area contributed by atoms with Crippen LogP contribution >= 0.6 is 11.6 Å². The standard InChI is InChI=1S/C38H45ClF3N7O6/c1-21(2)27-14-5-22(3)19-29(27)45-32(52)30(50)16-15-28(33(53)54-4)44-31(51)23-6-12-26(13-7-23)43-34-46-35(48-36(47-34)55-20-38(40,41)42)49-37(17-18-37)24-8-10-25(39)11-9-24/h6-13,21-22,27-29H,5,14-20H2,1-4H3,(H,44,51)(H,45,52)(H2,43,46,47,48,49)/t22-,27+,28+,29+/m1/s1. The third-order valence-electron chi connectivity index (χ3n) is 9.92. The molecule has 0 spiro atoms. The average Bonchev–Trinajstić information content (AvgIpc) is 3.92. The van der Waals surface area contributed by atoms with Gasteiger partial charge in [-0.15, -0.1) is 0 Å². The second-order valence-electron chi connectivity index (χ2n) is 14.5. The molecule has 13 nitrogen and oxygen atoms in total. The van der Waals surface area contributed by atoms with Gasteiger partial charge in [0, 0.05) is 28.7 Å². The number of anilines is 3. The minimum Gasteiger partial charge on any atom is -0.467 e. The minimum atomic E-state index is -4.63. The maximum Gasteiger partial charge on any atom is 0.422 e.